The lowest BCUT2D eigenvalue weighted by Crippen LogP contribution is -2.56. The van der Waals surface area contributed by atoms with Crippen molar-refractivity contribution in [2.45, 2.75) is 84.8 Å². The number of nitrogens with one attached hydrogen (secondary N) is 1. The standard InChI is InChI=1S/C29H43N3O6/c1-27(2,3)37-25(33)31-24(35-19-22-14-10-8-11-15-22)18-32(26(34)38-28(4,5)6)21-29(7,30)36-20-23-16-12-9-13-17-23/h8-17,24H,18-21,30H2,1-7H3,(H,31,33). The van der Waals surface area contributed by atoms with Crippen molar-refractivity contribution in [3.05, 3.63) is 71.8 Å². The fourth-order valence-corrected chi connectivity index (χ4v) is 3.33. The average Bonchev–Trinajstić information content (AvgIpc) is 2.80. The predicted octanol–water partition coefficient (Wildman–Crippen LogP) is 5.18. The molecule has 2 rings (SSSR count). The van der Waals surface area contributed by atoms with Gasteiger partial charge in [0.1, 0.15) is 16.9 Å². The summed E-state index contributed by atoms with van der Waals surface area (Å²) in [4.78, 5) is 27.2. The van der Waals surface area contributed by atoms with E-state index < -0.39 is 35.3 Å². The maximum Gasteiger partial charge on any atom is 0.410 e. The summed E-state index contributed by atoms with van der Waals surface area (Å²) in [5, 5.41) is 2.72. The lowest BCUT2D eigenvalue weighted by molar-refractivity contribution is -0.0759. The minimum atomic E-state index is -1.22. The molecule has 3 N–H and O–H groups in total. The van der Waals surface area contributed by atoms with Gasteiger partial charge in [-0.3, -0.25) is 10.2 Å². The van der Waals surface area contributed by atoms with Gasteiger partial charge in [0.05, 0.1) is 26.3 Å². The third-order valence-corrected chi connectivity index (χ3v) is 4.93. The van der Waals surface area contributed by atoms with Gasteiger partial charge in [-0.2, -0.15) is 0 Å². The molecular weight excluding hydrogens is 486 g/mol. The van der Waals surface area contributed by atoms with E-state index in [0.717, 1.165) is 11.1 Å². The number of carbonyl (C=O) groups is 2. The quantitative estimate of drug-likeness (QED) is 0.386. The predicted molar refractivity (Wildman–Crippen MR) is 146 cm³/mol. The van der Waals surface area contributed by atoms with Crippen molar-refractivity contribution in [2.24, 2.45) is 5.73 Å². The molecule has 2 atom stereocenters. The molecule has 0 spiro atoms. The first-order valence-corrected chi connectivity index (χ1v) is 12.7. The zero-order chi connectivity index (χ0) is 28.4. The second-order valence-corrected chi connectivity index (χ2v) is 11.4. The van der Waals surface area contributed by atoms with Gasteiger partial charge in [0.15, 0.2) is 6.23 Å². The molecule has 9 nitrogen and oxygen atoms in total. The summed E-state index contributed by atoms with van der Waals surface area (Å²) in [7, 11) is 0. The summed E-state index contributed by atoms with van der Waals surface area (Å²) in [5.41, 5.74) is 5.65. The Hall–Kier alpha value is -3.14. The van der Waals surface area contributed by atoms with E-state index in [1.807, 2.05) is 60.7 Å². The van der Waals surface area contributed by atoms with E-state index in [4.69, 9.17) is 24.7 Å². The Morgan fingerprint density at radius 2 is 1.32 bits per heavy atom. The number of hydrogen-bond acceptors (Lipinski definition) is 7. The number of hydrogen-bond donors (Lipinski definition) is 2. The topological polar surface area (TPSA) is 112 Å². The van der Waals surface area contributed by atoms with Crippen LogP contribution >= 0.6 is 0 Å². The van der Waals surface area contributed by atoms with Gasteiger partial charge in [0.2, 0.25) is 0 Å². The maximum absolute atomic E-state index is 13.2. The lowest BCUT2D eigenvalue weighted by Gasteiger charge is -2.35. The van der Waals surface area contributed by atoms with Crippen LogP contribution in [0.25, 0.3) is 0 Å². The number of nitrogens with zero attached hydrogens (tertiary/aromatic N) is 1. The zero-order valence-electron chi connectivity index (χ0n) is 23.7. The van der Waals surface area contributed by atoms with Crippen LogP contribution in [0.3, 0.4) is 0 Å². The SMILES string of the molecule is CC(C)(C)OC(=O)NC(CN(CC(C)(N)OCc1ccccc1)C(=O)OC(C)(C)C)OCc1ccccc1. The summed E-state index contributed by atoms with van der Waals surface area (Å²) in [6, 6.07) is 19.1. The summed E-state index contributed by atoms with van der Waals surface area (Å²) in [6.07, 6.45) is -2.20. The number of ether oxygens (including phenoxy) is 4. The van der Waals surface area contributed by atoms with Crippen molar-refractivity contribution in [3.63, 3.8) is 0 Å². The molecule has 0 aromatic heterocycles. The molecule has 0 radical (unpaired) electrons. The first kappa shape index (κ1) is 31.1. The molecule has 0 aliphatic heterocycles. The van der Waals surface area contributed by atoms with Gasteiger partial charge in [-0.1, -0.05) is 60.7 Å². The highest BCUT2D eigenvalue weighted by Gasteiger charge is 2.32. The highest BCUT2D eigenvalue weighted by atomic mass is 16.6. The normalized spacial score (nSPS) is 14.2. The first-order chi connectivity index (χ1) is 17.6. The van der Waals surface area contributed by atoms with Crippen molar-refractivity contribution in [3.8, 4) is 0 Å². The fourth-order valence-electron chi connectivity index (χ4n) is 3.33. The molecule has 2 amide bonds. The van der Waals surface area contributed by atoms with Crippen molar-refractivity contribution in [1.29, 1.82) is 0 Å². The van der Waals surface area contributed by atoms with Crippen LogP contribution in [0.2, 0.25) is 0 Å². The molecule has 0 saturated carbocycles. The molecule has 210 valence electrons. The van der Waals surface area contributed by atoms with Crippen LogP contribution in [-0.2, 0) is 32.2 Å². The summed E-state index contributed by atoms with van der Waals surface area (Å²) < 4.78 is 23.0. The Morgan fingerprint density at radius 1 is 0.816 bits per heavy atom. The number of benzene rings is 2. The fraction of sp³-hybridized carbons (Fsp3) is 0.517. The monoisotopic (exact) mass is 529 g/mol. The van der Waals surface area contributed by atoms with Crippen LogP contribution in [0.4, 0.5) is 9.59 Å². The molecule has 0 aliphatic rings. The molecule has 0 heterocycles. The molecular formula is C29H43N3O6. The average molecular weight is 530 g/mol. The summed E-state index contributed by atoms with van der Waals surface area (Å²) in [6.45, 7) is 12.7. The van der Waals surface area contributed by atoms with Crippen molar-refractivity contribution >= 4 is 12.2 Å². The van der Waals surface area contributed by atoms with Gasteiger partial charge in [-0.15, -0.1) is 0 Å². The molecule has 0 fully saturated rings. The van der Waals surface area contributed by atoms with E-state index in [0.29, 0.717) is 0 Å². The molecule has 9 heteroatoms. The molecule has 0 saturated heterocycles. The Labute approximate surface area is 226 Å². The second kappa shape index (κ2) is 13.6. The highest BCUT2D eigenvalue weighted by molar-refractivity contribution is 5.69. The van der Waals surface area contributed by atoms with Crippen LogP contribution in [0, 0.1) is 0 Å². The van der Waals surface area contributed by atoms with E-state index >= 15 is 0 Å². The minimum Gasteiger partial charge on any atom is -0.444 e. The molecule has 2 unspecified atom stereocenters. The Kier molecular flexibility index (Phi) is 11.1. The highest BCUT2D eigenvalue weighted by Crippen LogP contribution is 2.16. The number of carbonyl (C=O) groups excluding carboxylic acids is 2. The van der Waals surface area contributed by atoms with Crippen molar-refractivity contribution in [2.75, 3.05) is 13.1 Å². The van der Waals surface area contributed by atoms with Crippen LogP contribution in [0.5, 0.6) is 0 Å². The van der Waals surface area contributed by atoms with Gasteiger partial charge in [-0.05, 0) is 59.6 Å². The second-order valence-electron chi connectivity index (χ2n) is 11.4. The minimum absolute atomic E-state index is 0.0179. The molecule has 2 aromatic carbocycles. The Bertz CT molecular complexity index is 1000. The van der Waals surface area contributed by atoms with E-state index in [1.165, 1.54) is 4.90 Å². The zero-order valence-corrected chi connectivity index (χ0v) is 23.7. The van der Waals surface area contributed by atoms with Crippen LogP contribution in [-0.4, -0.2) is 53.3 Å². The van der Waals surface area contributed by atoms with E-state index in [1.54, 1.807) is 48.5 Å². The van der Waals surface area contributed by atoms with Gasteiger partial charge in [0, 0.05) is 0 Å². The van der Waals surface area contributed by atoms with Gasteiger partial charge < -0.3 is 24.7 Å². The molecule has 38 heavy (non-hydrogen) atoms. The van der Waals surface area contributed by atoms with Crippen molar-refractivity contribution < 1.29 is 28.5 Å². The Morgan fingerprint density at radius 3 is 1.82 bits per heavy atom. The van der Waals surface area contributed by atoms with E-state index in [2.05, 4.69) is 5.32 Å². The van der Waals surface area contributed by atoms with E-state index in [9.17, 15) is 9.59 Å². The molecule has 2 aromatic rings. The Balaban J connectivity index is 2.21. The van der Waals surface area contributed by atoms with Crippen LogP contribution in [0.1, 0.15) is 59.6 Å². The number of amides is 2. The number of nitrogens with two attached hydrogens (primary N) is 1. The third kappa shape index (κ3) is 12.9. The lowest BCUT2D eigenvalue weighted by atomic mass is 10.2. The van der Waals surface area contributed by atoms with Gasteiger partial charge in [0.25, 0.3) is 0 Å². The third-order valence-electron chi connectivity index (χ3n) is 4.93. The van der Waals surface area contributed by atoms with Crippen LogP contribution < -0.4 is 11.1 Å². The van der Waals surface area contributed by atoms with Gasteiger partial charge >= 0.3 is 12.2 Å². The summed E-state index contributed by atoms with van der Waals surface area (Å²) in [5.74, 6) is 0. The van der Waals surface area contributed by atoms with E-state index in [-0.39, 0.29) is 26.3 Å². The number of rotatable bonds is 11. The van der Waals surface area contributed by atoms with Crippen LogP contribution in [0.15, 0.2) is 60.7 Å². The number of alkyl carbamates (subject to hydrolysis) is 1. The molecule has 0 bridgehead atoms. The summed E-state index contributed by atoms with van der Waals surface area (Å²) >= 11 is 0. The smallest absolute Gasteiger partial charge is 0.410 e. The van der Waals surface area contributed by atoms with Crippen molar-refractivity contribution in [1.82, 2.24) is 10.2 Å². The largest absolute Gasteiger partial charge is 0.444 e. The molecule has 0 aliphatic carbocycles. The van der Waals surface area contributed by atoms with Gasteiger partial charge in [-0.25, -0.2) is 9.59 Å². The maximum atomic E-state index is 13.2. The first-order valence-electron chi connectivity index (χ1n) is 12.7.